The lowest BCUT2D eigenvalue weighted by Gasteiger charge is -2.42. The van der Waals surface area contributed by atoms with Crippen LogP contribution in [0.1, 0.15) is 6.92 Å². The Morgan fingerprint density at radius 3 is 2.17 bits per heavy atom. The van der Waals surface area contributed by atoms with Crippen LogP contribution in [0.15, 0.2) is 51.9 Å². The molecule has 0 unspecified atom stereocenters. The summed E-state index contributed by atoms with van der Waals surface area (Å²) < 4.78 is 32.7. The standard InChI is InChI=1S/C28H32O14/c1-11-18(29)22(33)24(35)27(40-11)39-10-17-20(31)23(34)25(36)28(42-17)41-16-8-7-14-19(30)15(9-38-26(14)21(16)32)12-3-5-13(37-2)6-4-12/h3-9,11,17-18,20,22-25,27-29,31-36H,10H2,1-2H3/t11-,17-,18-,20-,22-,23-,24-,25-,27-,28-/m1/s1. The molecule has 0 radical (unpaired) electrons. The van der Waals surface area contributed by atoms with Crippen molar-refractivity contribution >= 4 is 11.0 Å². The summed E-state index contributed by atoms with van der Waals surface area (Å²) in [6.45, 7) is 0.971. The third-order valence-corrected chi connectivity index (χ3v) is 7.42. The molecule has 14 heteroatoms. The second kappa shape index (κ2) is 12.1. The molecule has 3 aromatic rings. The number of phenolic OH excluding ortho intramolecular Hbond substituents is 1. The largest absolute Gasteiger partial charge is 0.502 e. The zero-order valence-corrected chi connectivity index (χ0v) is 22.5. The van der Waals surface area contributed by atoms with E-state index in [-0.39, 0.29) is 22.3 Å². The van der Waals surface area contributed by atoms with E-state index in [1.54, 1.807) is 24.3 Å². The number of rotatable bonds is 7. The number of hydrogen-bond donors (Lipinski definition) is 7. The van der Waals surface area contributed by atoms with Crippen LogP contribution >= 0.6 is 0 Å². The van der Waals surface area contributed by atoms with Gasteiger partial charge in [0.05, 0.1) is 30.8 Å². The number of benzene rings is 2. The summed E-state index contributed by atoms with van der Waals surface area (Å²) in [5.41, 5.74) is 0.190. The summed E-state index contributed by atoms with van der Waals surface area (Å²) in [6.07, 6.45) is -13.8. The first-order chi connectivity index (χ1) is 20.0. The normalized spacial score (nSPS) is 33.4. The Hall–Kier alpha value is -3.31. The van der Waals surface area contributed by atoms with Crippen molar-refractivity contribution in [1.82, 2.24) is 0 Å². The van der Waals surface area contributed by atoms with Gasteiger partial charge in [0.2, 0.25) is 17.5 Å². The van der Waals surface area contributed by atoms with E-state index in [1.165, 1.54) is 32.4 Å². The lowest BCUT2D eigenvalue weighted by molar-refractivity contribution is -0.318. The van der Waals surface area contributed by atoms with Gasteiger partial charge in [-0.3, -0.25) is 4.79 Å². The average molecular weight is 593 g/mol. The van der Waals surface area contributed by atoms with Crippen LogP contribution in [-0.4, -0.2) is 111 Å². The molecule has 2 aliphatic heterocycles. The molecule has 0 amide bonds. The Balaban J connectivity index is 1.33. The summed E-state index contributed by atoms with van der Waals surface area (Å²) in [5, 5.41) is 72.2. The van der Waals surface area contributed by atoms with Crippen molar-refractivity contribution in [3.05, 3.63) is 52.9 Å². The number of aliphatic hydroxyl groups excluding tert-OH is 6. The van der Waals surface area contributed by atoms with E-state index in [9.17, 15) is 40.5 Å². The summed E-state index contributed by atoms with van der Waals surface area (Å²) in [7, 11) is 1.52. The van der Waals surface area contributed by atoms with Gasteiger partial charge in [-0.25, -0.2) is 0 Å². The molecule has 2 aromatic carbocycles. The summed E-state index contributed by atoms with van der Waals surface area (Å²) in [5.74, 6) is -0.224. The maximum atomic E-state index is 13.2. The molecule has 42 heavy (non-hydrogen) atoms. The van der Waals surface area contributed by atoms with Crippen molar-refractivity contribution in [2.75, 3.05) is 13.7 Å². The molecule has 0 aliphatic carbocycles. The van der Waals surface area contributed by atoms with E-state index < -0.39 is 79.2 Å². The Morgan fingerprint density at radius 2 is 1.48 bits per heavy atom. The topological polar surface area (TPSA) is 218 Å². The van der Waals surface area contributed by atoms with Gasteiger partial charge in [0.1, 0.15) is 54.7 Å². The molecule has 0 bridgehead atoms. The summed E-state index contributed by atoms with van der Waals surface area (Å²) >= 11 is 0. The molecular formula is C28H32O14. The highest BCUT2D eigenvalue weighted by Gasteiger charge is 2.47. The van der Waals surface area contributed by atoms with Crippen molar-refractivity contribution in [1.29, 1.82) is 0 Å². The predicted octanol–water partition coefficient (Wildman–Crippen LogP) is -0.795. The highest BCUT2D eigenvalue weighted by atomic mass is 16.7. The monoisotopic (exact) mass is 592 g/mol. The van der Waals surface area contributed by atoms with Gasteiger partial charge in [-0.05, 0) is 36.8 Å². The number of aromatic hydroxyl groups is 1. The fourth-order valence-corrected chi connectivity index (χ4v) is 4.85. The van der Waals surface area contributed by atoms with Gasteiger partial charge in [0, 0.05) is 0 Å². The van der Waals surface area contributed by atoms with Gasteiger partial charge in [-0.1, -0.05) is 12.1 Å². The summed E-state index contributed by atoms with van der Waals surface area (Å²) in [4.78, 5) is 13.2. The number of methoxy groups -OCH3 is 1. The number of hydrogen-bond acceptors (Lipinski definition) is 14. The van der Waals surface area contributed by atoms with Crippen LogP contribution in [0.3, 0.4) is 0 Å². The average Bonchev–Trinajstić information content (AvgIpc) is 2.99. The molecule has 5 rings (SSSR count). The first-order valence-corrected chi connectivity index (χ1v) is 13.1. The SMILES string of the molecule is COc1ccc(-c2coc3c(O)c(O[C@@H]4O[C@H](CO[C@@H]5O[C@H](C)[C@@H](O)[C@@H](O)[C@H]5O)[C@@H](O)[C@@H](O)[C@H]4O)ccc3c2=O)cc1. The third kappa shape index (κ3) is 5.56. The van der Waals surface area contributed by atoms with Crippen LogP contribution in [-0.2, 0) is 14.2 Å². The molecule has 1 aromatic heterocycles. The summed E-state index contributed by atoms with van der Waals surface area (Å²) in [6, 6.07) is 9.35. The second-order valence-electron chi connectivity index (χ2n) is 10.1. The molecule has 10 atom stereocenters. The number of ether oxygens (including phenoxy) is 5. The lowest BCUT2D eigenvalue weighted by atomic mass is 9.98. The number of aliphatic hydroxyl groups is 6. The van der Waals surface area contributed by atoms with Gasteiger partial charge in [0.15, 0.2) is 17.6 Å². The van der Waals surface area contributed by atoms with E-state index in [0.717, 1.165) is 0 Å². The lowest BCUT2D eigenvalue weighted by Crippen LogP contribution is -2.61. The van der Waals surface area contributed by atoms with Crippen molar-refractivity contribution < 1.29 is 63.8 Å². The number of phenols is 1. The van der Waals surface area contributed by atoms with E-state index in [2.05, 4.69) is 0 Å². The van der Waals surface area contributed by atoms with Crippen molar-refractivity contribution in [3.8, 4) is 28.4 Å². The van der Waals surface area contributed by atoms with Crippen LogP contribution < -0.4 is 14.9 Å². The predicted molar refractivity (Wildman–Crippen MR) is 142 cm³/mol. The van der Waals surface area contributed by atoms with Crippen molar-refractivity contribution in [2.45, 2.75) is 68.3 Å². The van der Waals surface area contributed by atoms with Gasteiger partial charge < -0.3 is 63.8 Å². The Morgan fingerprint density at radius 1 is 0.810 bits per heavy atom. The molecule has 2 fully saturated rings. The van der Waals surface area contributed by atoms with Crippen LogP contribution in [0.25, 0.3) is 22.1 Å². The molecule has 7 N–H and O–H groups in total. The molecule has 0 saturated carbocycles. The minimum Gasteiger partial charge on any atom is -0.502 e. The first-order valence-electron chi connectivity index (χ1n) is 13.1. The van der Waals surface area contributed by atoms with Gasteiger partial charge in [-0.15, -0.1) is 0 Å². The maximum absolute atomic E-state index is 13.2. The highest BCUT2D eigenvalue weighted by Crippen LogP contribution is 2.37. The molecule has 228 valence electrons. The fraction of sp³-hybridized carbons (Fsp3) is 0.464. The quantitative estimate of drug-likeness (QED) is 0.179. The van der Waals surface area contributed by atoms with Gasteiger partial charge >= 0.3 is 0 Å². The molecule has 3 heterocycles. The molecule has 0 spiro atoms. The fourth-order valence-electron chi connectivity index (χ4n) is 4.85. The molecule has 2 aliphatic rings. The Bertz CT molecular complexity index is 1440. The van der Waals surface area contributed by atoms with Crippen LogP contribution in [0.5, 0.6) is 17.2 Å². The Labute approximate surface area is 238 Å². The molecule has 2 saturated heterocycles. The maximum Gasteiger partial charge on any atom is 0.229 e. The minimum absolute atomic E-state index is 0.0487. The Kier molecular flexibility index (Phi) is 8.71. The highest BCUT2D eigenvalue weighted by molar-refractivity contribution is 5.87. The smallest absolute Gasteiger partial charge is 0.229 e. The van der Waals surface area contributed by atoms with Crippen LogP contribution in [0, 0.1) is 0 Å². The number of fused-ring (bicyclic) bond motifs is 1. The van der Waals surface area contributed by atoms with Gasteiger partial charge in [0.25, 0.3) is 0 Å². The zero-order valence-electron chi connectivity index (χ0n) is 22.5. The van der Waals surface area contributed by atoms with E-state index in [0.29, 0.717) is 11.3 Å². The van der Waals surface area contributed by atoms with E-state index in [1.807, 2.05) is 0 Å². The van der Waals surface area contributed by atoms with Crippen molar-refractivity contribution in [2.24, 2.45) is 0 Å². The zero-order chi connectivity index (χ0) is 30.3. The van der Waals surface area contributed by atoms with E-state index >= 15 is 0 Å². The molecule has 14 nitrogen and oxygen atoms in total. The van der Waals surface area contributed by atoms with Gasteiger partial charge in [-0.2, -0.15) is 0 Å². The van der Waals surface area contributed by atoms with Crippen LogP contribution in [0.4, 0.5) is 0 Å². The van der Waals surface area contributed by atoms with E-state index in [4.69, 9.17) is 28.1 Å². The van der Waals surface area contributed by atoms with Crippen molar-refractivity contribution in [3.63, 3.8) is 0 Å². The van der Waals surface area contributed by atoms with Crippen LogP contribution in [0.2, 0.25) is 0 Å². The second-order valence-corrected chi connectivity index (χ2v) is 10.1. The molecular weight excluding hydrogens is 560 g/mol. The first kappa shape index (κ1) is 30.2. The third-order valence-electron chi connectivity index (χ3n) is 7.42. The minimum atomic E-state index is -1.77.